The summed E-state index contributed by atoms with van der Waals surface area (Å²) in [4.78, 5) is 0. The number of nitrogens with one attached hydrogen (secondary N) is 1. The van der Waals surface area contributed by atoms with Gasteiger partial charge in [0.1, 0.15) is 5.76 Å². The number of hydrogen-bond donors (Lipinski definition) is 1. The molecule has 0 radical (unpaired) electrons. The van der Waals surface area contributed by atoms with E-state index in [0.717, 1.165) is 16.2 Å². The first-order valence-corrected chi connectivity index (χ1v) is 6.82. The van der Waals surface area contributed by atoms with E-state index >= 15 is 0 Å². The maximum atomic E-state index is 5.47. The number of rotatable bonds is 5. The van der Waals surface area contributed by atoms with Crippen LogP contribution in [0.1, 0.15) is 25.6 Å². The molecule has 2 nitrogen and oxygen atoms in total. The lowest BCUT2D eigenvalue weighted by Gasteiger charge is -2.17. The van der Waals surface area contributed by atoms with E-state index in [1.54, 1.807) is 0 Å². The molecule has 0 saturated heterocycles. The summed E-state index contributed by atoms with van der Waals surface area (Å²) < 4.78 is 6.26. The molecule has 0 fully saturated rings. The van der Waals surface area contributed by atoms with Gasteiger partial charge in [0, 0.05) is 11.8 Å². The fourth-order valence-electron chi connectivity index (χ4n) is 1.37. The first-order valence-electron chi connectivity index (χ1n) is 4.63. The van der Waals surface area contributed by atoms with Gasteiger partial charge in [-0.05, 0) is 48.2 Å². The second-order valence-corrected chi connectivity index (χ2v) is 5.08. The lowest BCUT2D eigenvalue weighted by Crippen LogP contribution is -2.30. The van der Waals surface area contributed by atoms with Crippen LogP contribution in [-0.2, 0) is 0 Å². The Hall–Kier alpha value is 0.0700. The molecular weight excluding hydrogens is 262 g/mol. The molecule has 0 spiro atoms. The average molecular weight is 278 g/mol. The van der Waals surface area contributed by atoms with Crippen molar-refractivity contribution in [1.29, 1.82) is 0 Å². The van der Waals surface area contributed by atoms with Gasteiger partial charge in [0.25, 0.3) is 0 Å². The number of halogens is 1. The standard InChI is InChI=1S/C10H16BrNOS/c1-7(6-14-3)12-8(2)9-4-5-10(11)13-9/h4-5,7-8,12H,6H2,1-3H3. The van der Waals surface area contributed by atoms with E-state index in [2.05, 4.69) is 41.3 Å². The number of furan rings is 1. The molecule has 1 heterocycles. The van der Waals surface area contributed by atoms with Crippen molar-refractivity contribution in [2.45, 2.75) is 25.9 Å². The molecule has 0 aliphatic carbocycles. The molecule has 0 saturated carbocycles. The second kappa shape index (κ2) is 5.83. The van der Waals surface area contributed by atoms with Gasteiger partial charge in [-0.1, -0.05) is 0 Å². The van der Waals surface area contributed by atoms with Gasteiger partial charge in [0.05, 0.1) is 6.04 Å². The minimum atomic E-state index is 0.267. The number of hydrogen-bond acceptors (Lipinski definition) is 3. The predicted molar refractivity (Wildman–Crippen MR) is 65.8 cm³/mol. The molecule has 0 aromatic carbocycles. The highest BCUT2D eigenvalue weighted by atomic mass is 79.9. The van der Waals surface area contributed by atoms with Crippen LogP contribution >= 0.6 is 27.7 Å². The summed E-state index contributed by atoms with van der Waals surface area (Å²) in [6.07, 6.45) is 2.12. The predicted octanol–water partition coefficient (Wildman–Crippen LogP) is 3.44. The highest BCUT2D eigenvalue weighted by Gasteiger charge is 2.11. The van der Waals surface area contributed by atoms with Crippen LogP contribution in [0.15, 0.2) is 21.2 Å². The van der Waals surface area contributed by atoms with Gasteiger partial charge in [0.2, 0.25) is 0 Å². The minimum absolute atomic E-state index is 0.267. The molecule has 1 N–H and O–H groups in total. The molecule has 0 aliphatic rings. The fraction of sp³-hybridized carbons (Fsp3) is 0.600. The third-order valence-electron chi connectivity index (χ3n) is 1.97. The highest BCUT2D eigenvalue weighted by molar-refractivity contribution is 9.10. The van der Waals surface area contributed by atoms with Crippen LogP contribution in [0, 0.1) is 0 Å². The third kappa shape index (κ3) is 3.67. The normalized spacial score (nSPS) is 15.4. The molecule has 0 aliphatic heterocycles. The zero-order valence-electron chi connectivity index (χ0n) is 8.71. The van der Waals surface area contributed by atoms with Crippen LogP contribution in [0.4, 0.5) is 0 Å². The Morgan fingerprint density at radius 1 is 1.50 bits per heavy atom. The number of thioether (sulfide) groups is 1. The van der Waals surface area contributed by atoms with Gasteiger partial charge >= 0.3 is 0 Å². The van der Waals surface area contributed by atoms with Crippen molar-refractivity contribution in [2.24, 2.45) is 0 Å². The van der Waals surface area contributed by atoms with E-state index in [1.165, 1.54) is 0 Å². The Balaban J connectivity index is 2.45. The van der Waals surface area contributed by atoms with Crippen molar-refractivity contribution < 1.29 is 4.42 Å². The molecule has 1 aromatic rings. The molecule has 4 heteroatoms. The van der Waals surface area contributed by atoms with E-state index in [9.17, 15) is 0 Å². The minimum Gasteiger partial charge on any atom is -0.453 e. The lowest BCUT2D eigenvalue weighted by atomic mass is 10.2. The topological polar surface area (TPSA) is 25.2 Å². The van der Waals surface area contributed by atoms with Crippen LogP contribution in [0.2, 0.25) is 0 Å². The Labute approximate surface area is 98.0 Å². The zero-order valence-corrected chi connectivity index (χ0v) is 11.1. The molecule has 14 heavy (non-hydrogen) atoms. The summed E-state index contributed by atoms with van der Waals surface area (Å²) in [6, 6.07) is 4.69. The van der Waals surface area contributed by atoms with E-state index in [0.29, 0.717) is 6.04 Å². The van der Waals surface area contributed by atoms with Crippen LogP contribution in [0.3, 0.4) is 0 Å². The SMILES string of the molecule is CSCC(C)NC(C)c1ccc(Br)o1. The Morgan fingerprint density at radius 3 is 2.71 bits per heavy atom. The van der Waals surface area contributed by atoms with Crippen molar-refractivity contribution in [3.8, 4) is 0 Å². The van der Waals surface area contributed by atoms with Crippen LogP contribution in [0.25, 0.3) is 0 Å². The third-order valence-corrected chi connectivity index (χ3v) is 3.23. The van der Waals surface area contributed by atoms with Crippen molar-refractivity contribution in [3.05, 3.63) is 22.6 Å². The summed E-state index contributed by atoms with van der Waals surface area (Å²) in [5.41, 5.74) is 0. The molecule has 2 unspecified atom stereocenters. The van der Waals surface area contributed by atoms with E-state index < -0.39 is 0 Å². The monoisotopic (exact) mass is 277 g/mol. The molecule has 0 amide bonds. The van der Waals surface area contributed by atoms with E-state index in [1.807, 2.05) is 23.9 Å². The van der Waals surface area contributed by atoms with Gasteiger partial charge in [-0.2, -0.15) is 11.8 Å². The smallest absolute Gasteiger partial charge is 0.169 e. The van der Waals surface area contributed by atoms with Crippen molar-refractivity contribution in [3.63, 3.8) is 0 Å². The van der Waals surface area contributed by atoms with Crippen molar-refractivity contribution in [2.75, 3.05) is 12.0 Å². The van der Waals surface area contributed by atoms with Gasteiger partial charge in [-0.25, -0.2) is 0 Å². The first-order chi connectivity index (χ1) is 6.63. The Kier molecular flexibility index (Phi) is 5.06. The molecule has 0 bridgehead atoms. The quantitative estimate of drug-likeness (QED) is 0.893. The van der Waals surface area contributed by atoms with Crippen molar-refractivity contribution in [1.82, 2.24) is 5.32 Å². The lowest BCUT2D eigenvalue weighted by molar-refractivity contribution is 0.400. The van der Waals surface area contributed by atoms with Crippen LogP contribution < -0.4 is 5.32 Å². The second-order valence-electron chi connectivity index (χ2n) is 3.39. The van der Waals surface area contributed by atoms with Gasteiger partial charge in [0.15, 0.2) is 4.67 Å². The first kappa shape index (κ1) is 12.1. The summed E-state index contributed by atoms with van der Waals surface area (Å²) in [5.74, 6) is 2.09. The maximum absolute atomic E-state index is 5.47. The summed E-state index contributed by atoms with van der Waals surface area (Å²) in [6.45, 7) is 4.30. The zero-order chi connectivity index (χ0) is 10.6. The molecule has 2 atom stereocenters. The molecule has 80 valence electrons. The molecule has 1 aromatic heterocycles. The van der Waals surface area contributed by atoms with Crippen molar-refractivity contribution >= 4 is 27.7 Å². The maximum Gasteiger partial charge on any atom is 0.169 e. The average Bonchev–Trinajstić information content (AvgIpc) is 2.52. The van der Waals surface area contributed by atoms with Gasteiger partial charge in [-0.3, -0.25) is 0 Å². The Bertz CT molecular complexity index is 277. The summed E-state index contributed by atoms with van der Waals surface area (Å²) in [5, 5.41) is 3.47. The van der Waals surface area contributed by atoms with Gasteiger partial charge in [-0.15, -0.1) is 0 Å². The van der Waals surface area contributed by atoms with E-state index in [4.69, 9.17) is 4.42 Å². The summed E-state index contributed by atoms with van der Waals surface area (Å²) >= 11 is 5.15. The molecule has 1 rings (SSSR count). The fourth-order valence-corrected chi connectivity index (χ4v) is 2.28. The molecular formula is C10H16BrNOS. The Morgan fingerprint density at radius 2 is 2.21 bits per heavy atom. The van der Waals surface area contributed by atoms with E-state index in [-0.39, 0.29) is 6.04 Å². The van der Waals surface area contributed by atoms with Crippen LogP contribution in [0.5, 0.6) is 0 Å². The largest absolute Gasteiger partial charge is 0.453 e. The highest BCUT2D eigenvalue weighted by Crippen LogP contribution is 2.20. The summed E-state index contributed by atoms with van der Waals surface area (Å²) in [7, 11) is 0. The van der Waals surface area contributed by atoms with Crippen LogP contribution in [-0.4, -0.2) is 18.1 Å². The van der Waals surface area contributed by atoms with Gasteiger partial charge < -0.3 is 9.73 Å².